The summed E-state index contributed by atoms with van der Waals surface area (Å²) in [6, 6.07) is -0.237. The van der Waals surface area contributed by atoms with Gasteiger partial charge in [0.15, 0.2) is 0 Å². The zero-order chi connectivity index (χ0) is 16.4. The Morgan fingerprint density at radius 1 is 1.23 bits per heavy atom. The smallest absolute Gasteiger partial charge is 0.455 e. The van der Waals surface area contributed by atoms with E-state index in [0.29, 0.717) is 45.6 Å². The van der Waals surface area contributed by atoms with Crippen LogP contribution in [0.2, 0.25) is 0 Å². The van der Waals surface area contributed by atoms with Crippen molar-refractivity contribution in [2.45, 2.75) is 43.1 Å². The number of esters is 1. The molecule has 10 heteroatoms. The fourth-order valence-electron chi connectivity index (χ4n) is 2.85. The number of halogens is 2. The molecule has 0 bridgehead atoms. The number of morpholine rings is 1. The molecule has 1 aliphatic heterocycles. The first-order valence-electron chi connectivity index (χ1n) is 7.11. The SMILES string of the molecule is O=C(OC1CCCCC1N1CCOCC1)C(F)(F)S(=O)(=O)O. The van der Waals surface area contributed by atoms with Crippen molar-refractivity contribution < 1.29 is 36.0 Å². The van der Waals surface area contributed by atoms with E-state index in [1.54, 1.807) is 0 Å². The van der Waals surface area contributed by atoms with Gasteiger partial charge < -0.3 is 9.47 Å². The first-order valence-corrected chi connectivity index (χ1v) is 8.55. The van der Waals surface area contributed by atoms with E-state index in [-0.39, 0.29) is 6.04 Å². The highest BCUT2D eigenvalue weighted by Gasteiger charge is 2.55. The Labute approximate surface area is 127 Å². The predicted octanol–water partition coefficient (Wildman–Crippen LogP) is 0.654. The summed E-state index contributed by atoms with van der Waals surface area (Å²) in [4.78, 5) is 13.5. The molecule has 1 saturated heterocycles. The van der Waals surface area contributed by atoms with Crippen molar-refractivity contribution in [3.8, 4) is 0 Å². The summed E-state index contributed by atoms with van der Waals surface area (Å²) in [6.45, 7) is 2.23. The van der Waals surface area contributed by atoms with Crippen molar-refractivity contribution in [2.75, 3.05) is 26.3 Å². The summed E-state index contributed by atoms with van der Waals surface area (Å²) >= 11 is 0. The minimum absolute atomic E-state index is 0.237. The second-order valence-corrected chi connectivity index (χ2v) is 6.90. The number of carbonyl (C=O) groups excluding carboxylic acids is 1. The maximum absolute atomic E-state index is 13.3. The van der Waals surface area contributed by atoms with Crippen molar-refractivity contribution in [3.63, 3.8) is 0 Å². The third kappa shape index (κ3) is 3.73. The van der Waals surface area contributed by atoms with Crippen molar-refractivity contribution in [3.05, 3.63) is 0 Å². The molecule has 0 spiro atoms. The quantitative estimate of drug-likeness (QED) is 0.592. The van der Waals surface area contributed by atoms with Crippen LogP contribution in [-0.2, 0) is 24.4 Å². The van der Waals surface area contributed by atoms with Crippen molar-refractivity contribution in [2.24, 2.45) is 0 Å². The first kappa shape index (κ1) is 17.5. The van der Waals surface area contributed by atoms with E-state index in [2.05, 4.69) is 0 Å². The number of hydrogen-bond acceptors (Lipinski definition) is 6. The Morgan fingerprint density at radius 3 is 2.41 bits per heavy atom. The van der Waals surface area contributed by atoms with E-state index in [1.807, 2.05) is 4.90 Å². The van der Waals surface area contributed by atoms with Crippen LogP contribution in [0.25, 0.3) is 0 Å². The van der Waals surface area contributed by atoms with E-state index in [9.17, 15) is 22.0 Å². The van der Waals surface area contributed by atoms with E-state index >= 15 is 0 Å². The molecule has 0 aromatic carbocycles. The number of nitrogens with zero attached hydrogens (tertiary/aromatic N) is 1. The number of ether oxygens (including phenoxy) is 2. The molecule has 0 aromatic heterocycles. The van der Waals surface area contributed by atoms with Crippen LogP contribution < -0.4 is 0 Å². The zero-order valence-electron chi connectivity index (χ0n) is 11.9. The molecule has 2 aliphatic rings. The van der Waals surface area contributed by atoms with Gasteiger partial charge in [0.05, 0.1) is 13.2 Å². The van der Waals surface area contributed by atoms with Crippen LogP contribution in [0.3, 0.4) is 0 Å². The summed E-state index contributed by atoms with van der Waals surface area (Å²) in [5.74, 6) is -2.22. The molecule has 1 heterocycles. The second-order valence-electron chi connectivity index (χ2n) is 5.44. The highest BCUT2D eigenvalue weighted by Crippen LogP contribution is 2.30. The summed E-state index contributed by atoms with van der Waals surface area (Å²) in [7, 11) is -5.84. The van der Waals surface area contributed by atoms with Crippen LogP contribution in [-0.4, -0.2) is 67.5 Å². The Morgan fingerprint density at radius 2 is 1.82 bits per heavy atom. The minimum Gasteiger partial charge on any atom is -0.455 e. The van der Waals surface area contributed by atoms with Gasteiger partial charge in [0.25, 0.3) is 0 Å². The van der Waals surface area contributed by atoms with Crippen LogP contribution >= 0.6 is 0 Å². The van der Waals surface area contributed by atoms with Gasteiger partial charge in [-0.15, -0.1) is 0 Å². The van der Waals surface area contributed by atoms with Gasteiger partial charge in [0, 0.05) is 19.1 Å². The Bertz CT molecular complexity index is 506. The molecular formula is C12H19F2NO6S. The molecule has 1 saturated carbocycles. The van der Waals surface area contributed by atoms with Crippen LogP contribution in [0.15, 0.2) is 0 Å². The third-order valence-electron chi connectivity index (χ3n) is 4.00. The molecule has 128 valence electrons. The van der Waals surface area contributed by atoms with Gasteiger partial charge in [-0.2, -0.15) is 17.2 Å². The first-order chi connectivity index (χ1) is 10.2. The van der Waals surface area contributed by atoms with Crippen LogP contribution in [0.5, 0.6) is 0 Å². The Hall–Kier alpha value is -0.840. The number of alkyl halides is 2. The topological polar surface area (TPSA) is 93.1 Å². The molecular weight excluding hydrogens is 324 g/mol. The summed E-state index contributed by atoms with van der Waals surface area (Å²) in [5.41, 5.74) is 0. The van der Waals surface area contributed by atoms with Crippen molar-refractivity contribution >= 4 is 16.1 Å². The van der Waals surface area contributed by atoms with E-state index < -0.39 is 27.4 Å². The lowest BCUT2D eigenvalue weighted by Gasteiger charge is -2.41. The maximum atomic E-state index is 13.3. The lowest BCUT2D eigenvalue weighted by atomic mass is 9.91. The average Bonchev–Trinajstić information content (AvgIpc) is 2.47. The molecule has 0 radical (unpaired) electrons. The molecule has 22 heavy (non-hydrogen) atoms. The number of carbonyl (C=O) groups is 1. The molecule has 0 amide bonds. The van der Waals surface area contributed by atoms with Crippen LogP contribution in [0, 0.1) is 0 Å². The van der Waals surface area contributed by atoms with Gasteiger partial charge in [-0.3, -0.25) is 9.45 Å². The normalized spacial score (nSPS) is 28.3. The Balaban J connectivity index is 2.06. The van der Waals surface area contributed by atoms with Gasteiger partial charge in [-0.1, -0.05) is 6.42 Å². The molecule has 2 atom stereocenters. The van der Waals surface area contributed by atoms with Gasteiger partial charge in [0.1, 0.15) is 6.10 Å². The molecule has 0 aromatic rings. The van der Waals surface area contributed by atoms with E-state index in [0.717, 1.165) is 6.42 Å². The summed E-state index contributed by atoms with van der Waals surface area (Å²) in [5, 5.41) is -4.94. The van der Waals surface area contributed by atoms with E-state index in [1.165, 1.54) is 0 Å². The van der Waals surface area contributed by atoms with Crippen LogP contribution in [0.4, 0.5) is 8.78 Å². The number of rotatable bonds is 4. The average molecular weight is 343 g/mol. The van der Waals surface area contributed by atoms with E-state index in [4.69, 9.17) is 14.0 Å². The maximum Gasteiger partial charge on any atom is 0.465 e. The highest BCUT2D eigenvalue weighted by atomic mass is 32.2. The second kappa shape index (κ2) is 6.73. The zero-order valence-corrected chi connectivity index (χ0v) is 12.7. The standard InChI is InChI=1S/C12H19F2NO6S/c13-12(14,22(17,18)19)11(16)21-10-4-2-1-3-9(10)15-5-7-20-8-6-15/h9-10H,1-8H2,(H,17,18,19). The molecule has 2 fully saturated rings. The third-order valence-corrected chi connectivity index (χ3v) is 4.82. The molecule has 7 nitrogen and oxygen atoms in total. The minimum atomic E-state index is -5.84. The molecule has 2 rings (SSSR count). The molecule has 1 aliphatic carbocycles. The van der Waals surface area contributed by atoms with Gasteiger partial charge >= 0.3 is 21.3 Å². The lowest BCUT2D eigenvalue weighted by molar-refractivity contribution is -0.173. The fraction of sp³-hybridized carbons (Fsp3) is 0.917. The fourth-order valence-corrected chi connectivity index (χ4v) is 3.11. The van der Waals surface area contributed by atoms with Crippen LogP contribution in [0.1, 0.15) is 25.7 Å². The van der Waals surface area contributed by atoms with Crippen molar-refractivity contribution in [1.82, 2.24) is 4.90 Å². The summed E-state index contributed by atoms with van der Waals surface area (Å²) < 4.78 is 66.2. The van der Waals surface area contributed by atoms with Gasteiger partial charge in [-0.25, -0.2) is 4.79 Å². The number of hydrogen-bond donors (Lipinski definition) is 1. The largest absolute Gasteiger partial charge is 0.465 e. The Kier molecular flexibility index (Phi) is 5.36. The molecule has 2 unspecified atom stereocenters. The summed E-state index contributed by atoms with van der Waals surface area (Å²) in [6.07, 6.45) is 1.83. The van der Waals surface area contributed by atoms with Gasteiger partial charge in [0.2, 0.25) is 0 Å². The lowest BCUT2D eigenvalue weighted by Crippen LogP contribution is -2.53. The van der Waals surface area contributed by atoms with Gasteiger partial charge in [-0.05, 0) is 19.3 Å². The highest BCUT2D eigenvalue weighted by molar-refractivity contribution is 7.87. The molecule has 1 N–H and O–H groups in total. The van der Waals surface area contributed by atoms with Crippen molar-refractivity contribution in [1.29, 1.82) is 0 Å². The monoisotopic (exact) mass is 343 g/mol. The predicted molar refractivity (Wildman–Crippen MR) is 71.0 cm³/mol.